The summed E-state index contributed by atoms with van der Waals surface area (Å²) in [7, 11) is 1.10. The van der Waals surface area contributed by atoms with Gasteiger partial charge in [-0.25, -0.2) is 0 Å². The quantitative estimate of drug-likeness (QED) is 0.288. The van der Waals surface area contributed by atoms with E-state index in [1.807, 2.05) is 0 Å². The van der Waals surface area contributed by atoms with Crippen LogP contribution in [-0.4, -0.2) is 23.2 Å². The zero-order valence-electron chi connectivity index (χ0n) is 12.2. The van der Waals surface area contributed by atoms with Crippen molar-refractivity contribution in [2.75, 3.05) is 12.5 Å². The minimum atomic E-state index is -1.88. The summed E-state index contributed by atoms with van der Waals surface area (Å²) in [5.74, 6) is -8.74. The molecule has 0 aliphatic heterocycles. The first-order valence-electron chi connectivity index (χ1n) is 6.28. The highest BCUT2D eigenvalue weighted by Crippen LogP contribution is 2.34. The van der Waals surface area contributed by atoms with Crippen molar-refractivity contribution >= 4 is 17.6 Å². The summed E-state index contributed by atoms with van der Waals surface area (Å²) in [5.41, 5.74) is -0.394. The summed E-state index contributed by atoms with van der Waals surface area (Å²) in [6, 6.07) is 1.90. The van der Waals surface area contributed by atoms with E-state index in [2.05, 4.69) is 14.8 Å². The Balaban J connectivity index is 2.35. The lowest BCUT2D eigenvalue weighted by atomic mass is 10.2. The third-order valence-corrected chi connectivity index (χ3v) is 2.86. The van der Waals surface area contributed by atoms with Crippen LogP contribution < -0.4 is 15.3 Å². The number of halogens is 4. The molecule has 1 N–H and O–H groups in total. The normalized spacial score (nSPS) is 10.9. The van der Waals surface area contributed by atoms with Crippen LogP contribution in [0, 0.1) is 33.6 Å². The summed E-state index contributed by atoms with van der Waals surface area (Å²) in [6.07, 6.45) is 0.823. The van der Waals surface area contributed by atoms with Gasteiger partial charge in [-0.2, -0.15) is 27.6 Å². The van der Waals surface area contributed by atoms with Gasteiger partial charge in [-0.1, -0.05) is 0 Å². The van der Waals surface area contributed by atoms with Gasteiger partial charge in [-0.05, 0) is 6.07 Å². The molecule has 0 aliphatic carbocycles. The molecule has 0 bridgehead atoms. The molecule has 0 fully saturated rings. The summed E-state index contributed by atoms with van der Waals surface area (Å²) >= 11 is 0. The number of nitro groups is 1. The van der Waals surface area contributed by atoms with Crippen molar-refractivity contribution in [3.63, 3.8) is 0 Å². The van der Waals surface area contributed by atoms with Gasteiger partial charge < -0.3 is 9.84 Å². The van der Waals surface area contributed by atoms with E-state index >= 15 is 0 Å². The maximum atomic E-state index is 13.4. The fourth-order valence-corrected chi connectivity index (χ4v) is 1.73. The lowest BCUT2D eigenvalue weighted by Gasteiger charge is -2.13. The van der Waals surface area contributed by atoms with Crippen molar-refractivity contribution in [3.05, 3.63) is 51.3 Å². The Hall–Kier alpha value is -3.44. The molecule has 1 heterocycles. The first kappa shape index (κ1) is 17.9. The first-order chi connectivity index (χ1) is 11.8. The maximum absolute atomic E-state index is 13.4. The molecule has 1 aromatic carbocycles. The van der Waals surface area contributed by atoms with Gasteiger partial charge in [0.25, 0.3) is 17.6 Å². The van der Waals surface area contributed by atoms with E-state index in [-0.39, 0.29) is 11.3 Å². The molecule has 0 saturated heterocycles. The third kappa shape index (κ3) is 3.57. The third-order valence-electron chi connectivity index (χ3n) is 2.86. The number of hydrogen-bond acceptors (Lipinski definition) is 7. The second-order valence-electron chi connectivity index (χ2n) is 4.39. The molecule has 0 spiro atoms. The van der Waals surface area contributed by atoms with Crippen LogP contribution in [0.3, 0.4) is 0 Å². The molecule has 0 amide bonds. The number of pyridine rings is 1. The number of hydrazone groups is 1. The minimum absolute atomic E-state index is 0.0496. The van der Waals surface area contributed by atoms with Crippen LogP contribution in [0.4, 0.5) is 28.9 Å². The number of nitrogens with zero attached hydrogens (tertiary/aromatic N) is 3. The van der Waals surface area contributed by atoms with Crippen molar-refractivity contribution in [2.24, 2.45) is 5.10 Å². The largest absolute Gasteiger partial charge is 0.865 e. The molecular weight excluding hydrogens is 352 g/mol. The Kier molecular flexibility index (Phi) is 5.00. The highest BCUT2D eigenvalue weighted by atomic mass is 19.2. The Morgan fingerprint density at radius 1 is 1.24 bits per heavy atom. The van der Waals surface area contributed by atoms with Crippen molar-refractivity contribution in [3.8, 4) is 11.5 Å². The van der Waals surface area contributed by atoms with Gasteiger partial charge >= 0.3 is 0 Å². The number of nitrogens with one attached hydrogen (secondary N) is 1. The summed E-state index contributed by atoms with van der Waals surface area (Å²) in [6.45, 7) is 0. The average molecular weight is 359 g/mol. The molecule has 0 aliphatic rings. The van der Waals surface area contributed by atoms with Crippen LogP contribution in [-0.2, 0) is 0 Å². The van der Waals surface area contributed by atoms with Crippen LogP contribution in [0.5, 0.6) is 11.5 Å². The van der Waals surface area contributed by atoms with E-state index in [9.17, 15) is 32.8 Å². The van der Waals surface area contributed by atoms with Crippen molar-refractivity contribution < 1.29 is 32.3 Å². The molecule has 132 valence electrons. The zero-order chi connectivity index (χ0) is 18.7. The standard InChI is InChI=1S/C13H8F4N4O4/c1-25-7-3-5(2-6(11(7)22)21(23)24)4-18-20-10-8(14)12(16)19-13(17)9(10)15/h2-4,22H,1H3,(H,19,20)/p-1/b18-4-. The van der Waals surface area contributed by atoms with Crippen molar-refractivity contribution in [1.29, 1.82) is 0 Å². The zero-order valence-corrected chi connectivity index (χ0v) is 12.2. The van der Waals surface area contributed by atoms with Gasteiger partial charge in [0.2, 0.25) is 11.6 Å². The predicted molar refractivity (Wildman–Crippen MR) is 74.4 cm³/mol. The number of rotatable bonds is 5. The molecule has 12 heteroatoms. The Labute approximate surface area is 136 Å². The van der Waals surface area contributed by atoms with E-state index < -0.39 is 45.6 Å². The fourth-order valence-electron chi connectivity index (χ4n) is 1.73. The van der Waals surface area contributed by atoms with Crippen LogP contribution >= 0.6 is 0 Å². The van der Waals surface area contributed by atoms with Gasteiger partial charge in [0.15, 0.2) is 0 Å². The van der Waals surface area contributed by atoms with Crippen LogP contribution in [0.25, 0.3) is 0 Å². The number of anilines is 1. The predicted octanol–water partition coefficient (Wildman–Crippen LogP) is 2.07. The molecular formula is C13H7F4N4O4-. The Morgan fingerprint density at radius 2 is 1.84 bits per heavy atom. The fraction of sp³-hybridized carbons (Fsp3) is 0.0769. The van der Waals surface area contributed by atoms with E-state index in [1.165, 1.54) is 0 Å². The lowest BCUT2D eigenvalue weighted by molar-refractivity contribution is -0.398. The van der Waals surface area contributed by atoms with Gasteiger partial charge in [0.1, 0.15) is 11.4 Å². The molecule has 25 heavy (non-hydrogen) atoms. The number of benzene rings is 1. The molecule has 1 aromatic heterocycles. The first-order valence-corrected chi connectivity index (χ1v) is 6.28. The minimum Gasteiger partial charge on any atom is -0.865 e. The maximum Gasteiger partial charge on any atom is 0.266 e. The van der Waals surface area contributed by atoms with Gasteiger partial charge in [-0.3, -0.25) is 15.5 Å². The average Bonchev–Trinajstić information content (AvgIpc) is 2.57. The smallest absolute Gasteiger partial charge is 0.266 e. The number of nitro benzene ring substituents is 1. The summed E-state index contributed by atoms with van der Waals surface area (Å²) in [4.78, 5) is 12.2. The molecule has 8 nitrogen and oxygen atoms in total. The molecule has 2 aromatic rings. The van der Waals surface area contributed by atoms with Gasteiger partial charge in [0.05, 0.1) is 18.2 Å². The van der Waals surface area contributed by atoms with Gasteiger partial charge in [-0.15, -0.1) is 0 Å². The SMILES string of the molecule is COc1cc(/C=N\Nc2c(F)c(F)nc(F)c2F)cc([N+](=O)[O-])c1[O-]. The number of aromatic nitrogens is 1. The van der Waals surface area contributed by atoms with E-state index in [0.717, 1.165) is 25.5 Å². The number of methoxy groups -OCH3 is 1. The topological polar surface area (TPSA) is 113 Å². The van der Waals surface area contributed by atoms with Crippen molar-refractivity contribution in [2.45, 2.75) is 0 Å². The molecule has 0 saturated carbocycles. The lowest BCUT2D eigenvalue weighted by Crippen LogP contribution is -2.06. The van der Waals surface area contributed by atoms with E-state index in [4.69, 9.17) is 0 Å². The van der Waals surface area contributed by atoms with E-state index in [0.29, 0.717) is 0 Å². The molecule has 0 atom stereocenters. The highest BCUT2D eigenvalue weighted by Gasteiger charge is 2.20. The number of ether oxygens (including phenoxy) is 1. The van der Waals surface area contributed by atoms with Crippen LogP contribution in [0.2, 0.25) is 0 Å². The van der Waals surface area contributed by atoms with Gasteiger partial charge in [0, 0.05) is 17.4 Å². The Morgan fingerprint density at radius 3 is 2.36 bits per heavy atom. The molecule has 0 unspecified atom stereocenters. The Bertz CT molecular complexity index is 850. The van der Waals surface area contributed by atoms with E-state index in [1.54, 1.807) is 5.43 Å². The monoisotopic (exact) mass is 359 g/mol. The second kappa shape index (κ2) is 6.98. The number of hydrogen-bond donors (Lipinski definition) is 1. The summed E-state index contributed by atoms with van der Waals surface area (Å²) in [5, 5.41) is 25.8. The van der Waals surface area contributed by atoms with Crippen molar-refractivity contribution in [1.82, 2.24) is 4.98 Å². The summed E-state index contributed by atoms with van der Waals surface area (Å²) < 4.78 is 57.3. The second-order valence-corrected chi connectivity index (χ2v) is 4.39. The molecule has 0 radical (unpaired) electrons. The van der Waals surface area contributed by atoms with Crippen LogP contribution in [0.1, 0.15) is 5.56 Å². The highest BCUT2D eigenvalue weighted by molar-refractivity contribution is 5.83. The van der Waals surface area contributed by atoms with Crippen LogP contribution in [0.15, 0.2) is 17.2 Å². The molecule has 2 rings (SSSR count).